The van der Waals surface area contributed by atoms with E-state index in [4.69, 9.17) is 11.6 Å². The number of ketones is 1. The second-order valence-electron chi connectivity index (χ2n) is 5.52. The number of nitrogens with zero attached hydrogens (tertiary/aromatic N) is 4. The van der Waals surface area contributed by atoms with Crippen molar-refractivity contribution in [3.63, 3.8) is 0 Å². The van der Waals surface area contributed by atoms with E-state index in [-0.39, 0.29) is 10.8 Å². The number of benzene rings is 1. The molecule has 0 aliphatic rings. The highest BCUT2D eigenvalue weighted by Crippen LogP contribution is 2.22. The molecule has 0 radical (unpaired) electrons. The Kier molecular flexibility index (Phi) is 4.73. The number of hydrogen-bond acceptors (Lipinski definition) is 8. The van der Waals surface area contributed by atoms with Crippen LogP contribution in [0.4, 0.5) is 0 Å². The van der Waals surface area contributed by atoms with Gasteiger partial charge in [0.15, 0.2) is 5.92 Å². The number of carbonyl (C=O) groups excluding carboxylic acids is 1. The number of carbonyl (C=O) groups is 1. The van der Waals surface area contributed by atoms with Crippen LogP contribution in [0.15, 0.2) is 40.4 Å². The summed E-state index contributed by atoms with van der Waals surface area (Å²) in [5.41, 5.74) is -0.668. The van der Waals surface area contributed by atoms with Crippen LogP contribution in [0.3, 0.4) is 0 Å². The molecule has 0 fully saturated rings. The minimum absolute atomic E-state index is 0.193. The number of hydrogen-bond donors (Lipinski definition) is 1. The van der Waals surface area contributed by atoms with E-state index in [0.29, 0.717) is 10.9 Å². The van der Waals surface area contributed by atoms with Crippen molar-refractivity contribution in [1.29, 1.82) is 5.26 Å². The molecule has 0 saturated heterocycles. The number of sulfone groups is 1. The molecule has 11 heteroatoms. The van der Waals surface area contributed by atoms with Crippen molar-refractivity contribution in [2.24, 2.45) is 0 Å². The molecule has 0 amide bonds. The first-order valence-corrected chi connectivity index (χ1v) is 9.64. The van der Waals surface area contributed by atoms with E-state index >= 15 is 0 Å². The van der Waals surface area contributed by atoms with Gasteiger partial charge in [0, 0.05) is 6.26 Å². The van der Waals surface area contributed by atoms with Crippen LogP contribution in [0.2, 0.25) is 5.02 Å². The molecule has 0 bridgehead atoms. The van der Waals surface area contributed by atoms with Gasteiger partial charge in [0.2, 0.25) is 20.8 Å². The largest absolute Gasteiger partial charge is 0.308 e. The first kappa shape index (κ1) is 18.6. The van der Waals surface area contributed by atoms with Gasteiger partial charge in [-0.1, -0.05) is 23.7 Å². The van der Waals surface area contributed by atoms with E-state index in [2.05, 4.69) is 19.9 Å². The number of halogens is 1. The summed E-state index contributed by atoms with van der Waals surface area (Å²) in [7, 11) is -3.80. The van der Waals surface area contributed by atoms with Crippen molar-refractivity contribution >= 4 is 38.1 Å². The Bertz CT molecular complexity index is 1280. The molecule has 0 unspecified atom stereocenters. The normalized spacial score (nSPS) is 12.5. The summed E-state index contributed by atoms with van der Waals surface area (Å²) in [4.78, 5) is 38.7. The van der Waals surface area contributed by atoms with Crippen LogP contribution in [-0.4, -0.2) is 40.4 Å². The minimum atomic E-state index is -3.80. The Balaban J connectivity index is 2.14. The molecule has 2 heterocycles. The van der Waals surface area contributed by atoms with Gasteiger partial charge in [-0.15, -0.1) is 0 Å². The van der Waals surface area contributed by atoms with Crippen molar-refractivity contribution in [1.82, 2.24) is 19.9 Å². The highest BCUT2D eigenvalue weighted by Gasteiger charge is 2.29. The third-order valence-corrected chi connectivity index (χ3v) is 4.72. The van der Waals surface area contributed by atoms with E-state index in [9.17, 15) is 23.3 Å². The summed E-state index contributed by atoms with van der Waals surface area (Å²) in [5.74, 6) is -2.64. The Morgan fingerprint density at radius 2 is 2.00 bits per heavy atom. The topological polar surface area (TPSA) is 147 Å². The predicted molar refractivity (Wildman–Crippen MR) is 95.2 cm³/mol. The second-order valence-corrected chi connectivity index (χ2v) is 7.83. The van der Waals surface area contributed by atoms with Crippen LogP contribution >= 0.6 is 11.6 Å². The summed E-state index contributed by atoms with van der Waals surface area (Å²) < 4.78 is 23.2. The molecule has 3 rings (SSSR count). The van der Waals surface area contributed by atoms with Gasteiger partial charge in [-0.2, -0.15) is 5.26 Å². The fraction of sp³-hybridized carbons (Fsp3) is 0.125. The Hall–Kier alpha value is -3.16. The Morgan fingerprint density at radius 3 is 2.67 bits per heavy atom. The fourth-order valence-corrected chi connectivity index (χ4v) is 3.01. The van der Waals surface area contributed by atoms with Gasteiger partial charge in [-0.3, -0.25) is 9.59 Å². The monoisotopic (exact) mass is 403 g/mol. The third kappa shape index (κ3) is 3.55. The molecule has 1 aromatic carbocycles. The van der Waals surface area contributed by atoms with Crippen molar-refractivity contribution < 1.29 is 13.2 Å². The van der Waals surface area contributed by atoms with Crippen molar-refractivity contribution in [2.75, 3.05) is 6.26 Å². The quantitative estimate of drug-likeness (QED) is 0.505. The van der Waals surface area contributed by atoms with E-state index in [1.165, 1.54) is 0 Å². The molecular weight excluding hydrogens is 394 g/mol. The summed E-state index contributed by atoms with van der Waals surface area (Å²) >= 11 is 5.91. The number of H-pyrrole nitrogens is 1. The average molecular weight is 404 g/mol. The first-order chi connectivity index (χ1) is 12.7. The maximum absolute atomic E-state index is 12.8. The molecule has 9 nitrogen and oxygen atoms in total. The molecule has 0 aliphatic carbocycles. The molecule has 0 saturated carbocycles. The van der Waals surface area contributed by atoms with Gasteiger partial charge >= 0.3 is 0 Å². The highest BCUT2D eigenvalue weighted by atomic mass is 35.5. The molecule has 136 valence electrons. The minimum Gasteiger partial charge on any atom is -0.308 e. The fourth-order valence-electron chi connectivity index (χ4n) is 2.32. The van der Waals surface area contributed by atoms with Crippen LogP contribution in [0.5, 0.6) is 0 Å². The number of aromatic amines is 1. The highest BCUT2D eigenvalue weighted by molar-refractivity contribution is 7.90. The SMILES string of the molecule is CS(=O)(=O)c1ncc(Cl)c(C(=O)[C@@H](C#N)c2nc3ccccc3c(=O)[nH]2)n1. The van der Waals surface area contributed by atoms with Gasteiger partial charge < -0.3 is 4.98 Å². The smallest absolute Gasteiger partial charge is 0.258 e. The van der Waals surface area contributed by atoms with Crippen LogP contribution in [-0.2, 0) is 9.84 Å². The number of para-hydroxylation sites is 1. The summed E-state index contributed by atoms with van der Waals surface area (Å²) in [6.07, 6.45) is 1.83. The molecule has 1 atom stereocenters. The number of fused-ring (bicyclic) bond motifs is 1. The zero-order valence-corrected chi connectivity index (χ0v) is 15.2. The number of nitrogens with one attached hydrogen (secondary N) is 1. The maximum Gasteiger partial charge on any atom is 0.258 e. The zero-order chi connectivity index (χ0) is 19.8. The lowest BCUT2D eigenvalue weighted by Crippen LogP contribution is -2.21. The van der Waals surface area contributed by atoms with E-state index in [0.717, 1.165) is 12.5 Å². The van der Waals surface area contributed by atoms with E-state index in [1.54, 1.807) is 30.3 Å². The molecule has 27 heavy (non-hydrogen) atoms. The molecule has 3 aromatic rings. The van der Waals surface area contributed by atoms with Gasteiger partial charge in [0.1, 0.15) is 11.5 Å². The first-order valence-electron chi connectivity index (χ1n) is 7.37. The van der Waals surface area contributed by atoms with E-state index in [1.807, 2.05) is 0 Å². The van der Waals surface area contributed by atoms with Gasteiger partial charge in [-0.25, -0.2) is 23.4 Å². The van der Waals surface area contributed by atoms with Crippen LogP contribution < -0.4 is 5.56 Å². The van der Waals surface area contributed by atoms with Crippen molar-refractivity contribution in [3.05, 3.63) is 57.4 Å². The summed E-state index contributed by atoms with van der Waals surface area (Å²) in [6, 6.07) is 8.16. The lowest BCUT2D eigenvalue weighted by atomic mass is 10.0. The summed E-state index contributed by atoms with van der Waals surface area (Å²) in [6.45, 7) is 0. The summed E-state index contributed by atoms with van der Waals surface area (Å²) in [5, 5.41) is 8.92. The van der Waals surface area contributed by atoms with E-state index < -0.39 is 37.9 Å². The molecule has 0 aliphatic heterocycles. The standard InChI is InChI=1S/C16H10ClN5O4S/c1-27(25,26)16-19-7-10(17)12(21-16)13(23)9(6-18)14-20-11-5-3-2-4-8(11)15(24)22-14/h2-5,7,9H,1H3,(H,20,22,24)/t9-/m1/s1. The molecular formula is C16H10ClN5O4S. The average Bonchev–Trinajstić information content (AvgIpc) is 2.61. The number of nitriles is 1. The molecule has 1 N–H and O–H groups in total. The van der Waals surface area contributed by atoms with Crippen molar-refractivity contribution in [3.8, 4) is 6.07 Å². The van der Waals surface area contributed by atoms with Crippen LogP contribution in [0.1, 0.15) is 22.2 Å². The lowest BCUT2D eigenvalue weighted by molar-refractivity contribution is 0.0970. The number of rotatable bonds is 4. The molecule has 0 spiro atoms. The predicted octanol–water partition coefficient (Wildman–Crippen LogP) is 1.26. The Morgan fingerprint density at radius 1 is 1.30 bits per heavy atom. The van der Waals surface area contributed by atoms with Crippen LogP contribution in [0.25, 0.3) is 10.9 Å². The zero-order valence-electron chi connectivity index (χ0n) is 13.7. The second kappa shape index (κ2) is 6.86. The third-order valence-electron chi connectivity index (χ3n) is 3.58. The number of aromatic nitrogens is 4. The lowest BCUT2D eigenvalue weighted by Gasteiger charge is -2.10. The van der Waals surface area contributed by atoms with Crippen molar-refractivity contribution in [2.45, 2.75) is 11.1 Å². The number of Topliss-reactive ketones (excluding diaryl/α,β-unsaturated/α-hetero) is 1. The Labute approximate surface area is 157 Å². The maximum atomic E-state index is 12.8. The van der Waals surface area contributed by atoms with Gasteiger partial charge in [-0.05, 0) is 12.1 Å². The molecule has 2 aromatic heterocycles. The van der Waals surface area contributed by atoms with Gasteiger partial charge in [0.05, 0.1) is 28.2 Å². The van der Waals surface area contributed by atoms with Crippen LogP contribution in [0, 0.1) is 11.3 Å². The van der Waals surface area contributed by atoms with Gasteiger partial charge in [0.25, 0.3) is 5.56 Å².